The van der Waals surface area contributed by atoms with Crippen molar-refractivity contribution in [3.8, 4) is 0 Å². The second kappa shape index (κ2) is 4.33. The number of hydrogen-bond donors (Lipinski definition) is 2. The summed E-state index contributed by atoms with van der Waals surface area (Å²) in [6.45, 7) is 1.47. The predicted molar refractivity (Wildman–Crippen MR) is 58.3 cm³/mol. The molecule has 0 unspecified atom stereocenters. The van der Waals surface area contributed by atoms with Gasteiger partial charge in [-0.2, -0.15) is 0 Å². The van der Waals surface area contributed by atoms with Crippen molar-refractivity contribution >= 4 is 0 Å². The summed E-state index contributed by atoms with van der Waals surface area (Å²) in [4.78, 5) is 4.05. The molecule has 1 saturated carbocycles. The highest BCUT2D eigenvalue weighted by Crippen LogP contribution is 2.28. The lowest BCUT2D eigenvalue weighted by Gasteiger charge is -2.22. The summed E-state index contributed by atoms with van der Waals surface area (Å²) in [6.07, 6.45) is 7.83. The molecule has 2 rings (SSSR count). The predicted octanol–water partition coefficient (Wildman–Crippen LogP) is 0.815. The first kappa shape index (κ1) is 10.6. The topological polar surface area (TPSA) is 50.1 Å². The van der Waals surface area contributed by atoms with Crippen LogP contribution in [0.1, 0.15) is 31.4 Å². The molecule has 0 amide bonds. The highest BCUT2D eigenvalue weighted by Gasteiger charge is 2.30. The van der Waals surface area contributed by atoms with Crippen molar-refractivity contribution in [3.05, 3.63) is 18.2 Å². The maximum atomic E-state index is 10.1. The average Bonchev–Trinajstić information content (AvgIpc) is 2.78. The van der Waals surface area contributed by atoms with Crippen molar-refractivity contribution in [1.82, 2.24) is 14.9 Å². The molecule has 4 nitrogen and oxygen atoms in total. The van der Waals surface area contributed by atoms with Crippen LogP contribution in [0.4, 0.5) is 0 Å². The molecule has 0 aromatic carbocycles. The van der Waals surface area contributed by atoms with Crippen LogP contribution < -0.4 is 5.32 Å². The SMILES string of the molecule is Cn1cncc1CNCC1(O)CCCC1. The minimum Gasteiger partial charge on any atom is -0.389 e. The van der Waals surface area contributed by atoms with E-state index in [4.69, 9.17) is 0 Å². The van der Waals surface area contributed by atoms with Gasteiger partial charge in [-0.25, -0.2) is 4.98 Å². The summed E-state index contributed by atoms with van der Waals surface area (Å²) in [6, 6.07) is 0. The number of aryl methyl sites for hydroxylation is 1. The van der Waals surface area contributed by atoms with Crippen LogP contribution in [-0.2, 0) is 13.6 Å². The Balaban J connectivity index is 1.77. The van der Waals surface area contributed by atoms with Crippen molar-refractivity contribution in [1.29, 1.82) is 0 Å². The third-order valence-corrected chi connectivity index (χ3v) is 3.21. The molecule has 0 aliphatic heterocycles. The standard InChI is InChI=1S/C11H19N3O/c1-14-9-13-7-10(14)6-12-8-11(15)4-2-3-5-11/h7,9,12,15H,2-6,8H2,1H3. The molecule has 1 aliphatic rings. The first-order valence-corrected chi connectivity index (χ1v) is 5.58. The first-order chi connectivity index (χ1) is 7.20. The van der Waals surface area contributed by atoms with Gasteiger partial charge in [0.05, 0.1) is 17.6 Å². The van der Waals surface area contributed by atoms with Gasteiger partial charge in [0.2, 0.25) is 0 Å². The van der Waals surface area contributed by atoms with E-state index in [0.29, 0.717) is 6.54 Å². The van der Waals surface area contributed by atoms with Crippen LogP contribution in [0.25, 0.3) is 0 Å². The summed E-state index contributed by atoms with van der Waals surface area (Å²) in [5, 5.41) is 13.4. The molecular formula is C11H19N3O. The molecule has 0 atom stereocenters. The summed E-state index contributed by atoms with van der Waals surface area (Å²) in [5.41, 5.74) is 0.690. The van der Waals surface area contributed by atoms with Gasteiger partial charge in [-0.1, -0.05) is 12.8 Å². The lowest BCUT2D eigenvalue weighted by molar-refractivity contribution is 0.0473. The molecule has 15 heavy (non-hydrogen) atoms. The van der Waals surface area contributed by atoms with Gasteiger partial charge in [0, 0.05) is 26.3 Å². The second-order valence-electron chi connectivity index (χ2n) is 4.53. The Morgan fingerprint density at radius 1 is 1.53 bits per heavy atom. The number of rotatable bonds is 4. The van der Waals surface area contributed by atoms with Crippen molar-refractivity contribution in [2.24, 2.45) is 7.05 Å². The van der Waals surface area contributed by atoms with Gasteiger partial charge in [-0.3, -0.25) is 0 Å². The summed E-state index contributed by atoms with van der Waals surface area (Å²) >= 11 is 0. The van der Waals surface area contributed by atoms with E-state index in [-0.39, 0.29) is 0 Å². The fraction of sp³-hybridized carbons (Fsp3) is 0.727. The Morgan fingerprint density at radius 2 is 2.27 bits per heavy atom. The molecule has 0 saturated heterocycles. The monoisotopic (exact) mass is 209 g/mol. The zero-order valence-electron chi connectivity index (χ0n) is 9.24. The highest BCUT2D eigenvalue weighted by atomic mass is 16.3. The number of nitrogens with zero attached hydrogens (tertiary/aromatic N) is 2. The van der Waals surface area contributed by atoms with Gasteiger partial charge < -0.3 is 15.0 Å². The lowest BCUT2D eigenvalue weighted by Crippen LogP contribution is -2.37. The van der Waals surface area contributed by atoms with Crippen molar-refractivity contribution in [2.45, 2.75) is 37.8 Å². The van der Waals surface area contributed by atoms with Crippen molar-refractivity contribution < 1.29 is 5.11 Å². The minimum atomic E-state index is -0.460. The fourth-order valence-corrected chi connectivity index (χ4v) is 2.19. The van der Waals surface area contributed by atoms with E-state index in [1.54, 1.807) is 6.33 Å². The average molecular weight is 209 g/mol. The molecule has 2 N–H and O–H groups in total. The minimum absolute atomic E-state index is 0.460. The van der Waals surface area contributed by atoms with Gasteiger partial charge in [-0.05, 0) is 12.8 Å². The van der Waals surface area contributed by atoms with Gasteiger partial charge >= 0.3 is 0 Å². The largest absolute Gasteiger partial charge is 0.389 e. The van der Waals surface area contributed by atoms with Crippen LogP contribution >= 0.6 is 0 Å². The van der Waals surface area contributed by atoms with Crippen molar-refractivity contribution in [2.75, 3.05) is 6.54 Å². The molecule has 1 aromatic heterocycles. The van der Waals surface area contributed by atoms with E-state index < -0.39 is 5.60 Å². The molecule has 1 aromatic rings. The summed E-state index contributed by atoms with van der Waals surface area (Å²) in [7, 11) is 1.98. The normalized spacial score (nSPS) is 19.6. The van der Waals surface area contributed by atoms with E-state index in [1.807, 2.05) is 17.8 Å². The van der Waals surface area contributed by atoms with Crippen LogP contribution in [0.2, 0.25) is 0 Å². The number of aliphatic hydroxyl groups is 1. The van der Waals surface area contributed by atoms with Crippen LogP contribution in [0.5, 0.6) is 0 Å². The maximum absolute atomic E-state index is 10.1. The van der Waals surface area contributed by atoms with Crippen molar-refractivity contribution in [3.63, 3.8) is 0 Å². The van der Waals surface area contributed by atoms with Crippen LogP contribution in [0, 0.1) is 0 Å². The Labute approximate surface area is 90.3 Å². The van der Waals surface area contributed by atoms with Crippen LogP contribution in [-0.4, -0.2) is 26.8 Å². The molecule has 4 heteroatoms. The number of nitrogens with one attached hydrogen (secondary N) is 1. The third-order valence-electron chi connectivity index (χ3n) is 3.21. The molecule has 84 valence electrons. The zero-order chi connectivity index (χ0) is 10.7. The maximum Gasteiger partial charge on any atom is 0.0945 e. The van der Waals surface area contributed by atoms with E-state index in [2.05, 4.69) is 10.3 Å². The molecule has 1 fully saturated rings. The molecule has 0 bridgehead atoms. The van der Waals surface area contributed by atoms with Gasteiger partial charge in [0.15, 0.2) is 0 Å². The van der Waals surface area contributed by atoms with Gasteiger partial charge in [0.1, 0.15) is 0 Å². The summed E-state index contributed by atoms with van der Waals surface area (Å²) < 4.78 is 1.99. The quantitative estimate of drug-likeness (QED) is 0.771. The van der Waals surface area contributed by atoms with Gasteiger partial charge in [-0.15, -0.1) is 0 Å². The van der Waals surface area contributed by atoms with E-state index in [1.165, 1.54) is 0 Å². The van der Waals surface area contributed by atoms with E-state index >= 15 is 0 Å². The summed E-state index contributed by atoms with van der Waals surface area (Å²) in [5.74, 6) is 0. The second-order valence-corrected chi connectivity index (χ2v) is 4.53. The van der Waals surface area contributed by atoms with Crippen LogP contribution in [0.15, 0.2) is 12.5 Å². The first-order valence-electron chi connectivity index (χ1n) is 5.58. The number of aromatic nitrogens is 2. The lowest BCUT2D eigenvalue weighted by atomic mass is 10.0. The fourth-order valence-electron chi connectivity index (χ4n) is 2.19. The molecule has 0 spiro atoms. The Kier molecular flexibility index (Phi) is 3.07. The molecule has 1 heterocycles. The van der Waals surface area contributed by atoms with E-state index in [0.717, 1.165) is 37.9 Å². The Hall–Kier alpha value is -0.870. The Bertz CT molecular complexity index is 315. The van der Waals surface area contributed by atoms with Crippen LogP contribution in [0.3, 0.4) is 0 Å². The number of imidazole rings is 1. The van der Waals surface area contributed by atoms with Gasteiger partial charge in [0.25, 0.3) is 0 Å². The smallest absolute Gasteiger partial charge is 0.0945 e. The highest BCUT2D eigenvalue weighted by molar-refractivity contribution is 4.97. The zero-order valence-corrected chi connectivity index (χ0v) is 9.24. The Morgan fingerprint density at radius 3 is 2.87 bits per heavy atom. The molecule has 1 aliphatic carbocycles. The third kappa shape index (κ3) is 2.58. The molecular weight excluding hydrogens is 190 g/mol. The number of hydrogen-bond acceptors (Lipinski definition) is 3. The molecule has 0 radical (unpaired) electrons. The van der Waals surface area contributed by atoms with E-state index in [9.17, 15) is 5.11 Å².